The maximum atomic E-state index is 11.0. The molecule has 1 aromatic heterocycles. The number of hydrogen-bond acceptors (Lipinski definition) is 3. The van der Waals surface area contributed by atoms with Gasteiger partial charge >= 0.3 is 0 Å². The summed E-state index contributed by atoms with van der Waals surface area (Å²) in [6.07, 6.45) is 4.00. The van der Waals surface area contributed by atoms with Crippen molar-refractivity contribution < 1.29 is 9.53 Å². The first-order valence-electron chi connectivity index (χ1n) is 6.79. The molecule has 1 rings (SSSR count). The van der Waals surface area contributed by atoms with Gasteiger partial charge in [-0.25, -0.2) is 4.68 Å². The Morgan fingerprint density at radius 1 is 1.39 bits per heavy atom. The van der Waals surface area contributed by atoms with Gasteiger partial charge in [-0.2, -0.15) is 5.10 Å². The van der Waals surface area contributed by atoms with Crippen molar-refractivity contribution in [3.05, 3.63) is 11.3 Å². The predicted octanol–water partition coefficient (Wildman–Crippen LogP) is 3.52. The van der Waals surface area contributed by atoms with Crippen molar-refractivity contribution in [1.82, 2.24) is 9.78 Å². The Morgan fingerprint density at radius 3 is 2.44 bits per heavy atom. The molecule has 0 aliphatic rings. The van der Waals surface area contributed by atoms with Crippen LogP contribution in [0.15, 0.2) is 0 Å². The SMILES string of the molecule is CC.CCCC(CC)Oc1c(C=O)c(C)nn1C. The zero-order valence-corrected chi connectivity index (χ0v) is 12.5. The lowest BCUT2D eigenvalue weighted by molar-refractivity contribution is 0.111. The molecule has 0 saturated heterocycles. The molecular weight excluding hydrogens is 228 g/mol. The second kappa shape index (κ2) is 8.72. The summed E-state index contributed by atoms with van der Waals surface area (Å²) in [5, 5.41) is 4.19. The van der Waals surface area contributed by atoms with Crippen LogP contribution in [0.3, 0.4) is 0 Å². The van der Waals surface area contributed by atoms with Gasteiger partial charge in [0.25, 0.3) is 0 Å². The van der Waals surface area contributed by atoms with Crippen molar-refractivity contribution >= 4 is 6.29 Å². The number of rotatable bonds is 6. The van der Waals surface area contributed by atoms with E-state index in [9.17, 15) is 4.79 Å². The Morgan fingerprint density at radius 2 is 2.00 bits per heavy atom. The van der Waals surface area contributed by atoms with Crippen LogP contribution in [0.4, 0.5) is 0 Å². The molecule has 18 heavy (non-hydrogen) atoms. The number of aromatic nitrogens is 2. The number of hydrogen-bond donors (Lipinski definition) is 0. The smallest absolute Gasteiger partial charge is 0.222 e. The summed E-state index contributed by atoms with van der Waals surface area (Å²) >= 11 is 0. The van der Waals surface area contributed by atoms with Crippen molar-refractivity contribution in [3.8, 4) is 5.88 Å². The van der Waals surface area contributed by atoms with E-state index in [1.165, 1.54) is 0 Å². The number of aryl methyl sites for hydroxylation is 2. The maximum absolute atomic E-state index is 11.0. The summed E-state index contributed by atoms with van der Waals surface area (Å²) in [6, 6.07) is 0. The molecule has 0 aromatic carbocycles. The van der Waals surface area contributed by atoms with E-state index in [2.05, 4.69) is 18.9 Å². The first kappa shape index (κ1) is 16.7. The highest BCUT2D eigenvalue weighted by Crippen LogP contribution is 2.22. The third-order valence-corrected chi connectivity index (χ3v) is 2.68. The maximum Gasteiger partial charge on any atom is 0.222 e. The van der Waals surface area contributed by atoms with Crippen molar-refractivity contribution in [2.45, 2.75) is 60.0 Å². The minimum atomic E-state index is 0.165. The number of aldehydes is 1. The summed E-state index contributed by atoms with van der Waals surface area (Å²) in [6.45, 7) is 10.0. The molecule has 4 nitrogen and oxygen atoms in total. The first-order valence-corrected chi connectivity index (χ1v) is 6.79. The Bertz CT molecular complexity index is 359. The topological polar surface area (TPSA) is 44.1 Å². The van der Waals surface area contributed by atoms with Crippen molar-refractivity contribution in [2.24, 2.45) is 7.05 Å². The van der Waals surface area contributed by atoms with E-state index in [4.69, 9.17) is 4.74 Å². The van der Waals surface area contributed by atoms with Crippen LogP contribution in [-0.2, 0) is 7.05 Å². The Balaban J connectivity index is 0.00000137. The Hall–Kier alpha value is -1.32. The van der Waals surface area contributed by atoms with E-state index in [1.807, 2.05) is 20.8 Å². The fourth-order valence-corrected chi connectivity index (χ4v) is 1.76. The molecular formula is C14H26N2O2. The molecule has 0 aliphatic heterocycles. The van der Waals surface area contributed by atoms with Crippen molar-refractivity contribution in [3.63, 3.8) is 0 Å². The van der Waals surface area contributed by atoms with Gasteiger partial charge in [0.15, 0.2) is 6.29 Å². The summed E-state index contributed by atoms with van der Waals surface area (Å²) in [7, 11) is 1.80. The van der Waals surface area contributed by atoms with Crippen LogP contribution in [0.1, 0.15) is 63.0 Å². The largest absolute Gasteiger partial charge is 0.474 e. The third-order valence-electron chi connectivity index (χ3n) is 2.68. The predicted molar refractivity (Wildman–Crippen MR) is 74.3 cm³/mol. The van der Waals surface area contributed by atoms with Gasteiger partial charge in [-0.1, -0.05) is 34.1 Å². The number of ether oxygens (including phenoxy) is 1. The van der Waals surface area contributed by atoms with Gasteiger partial charge in [0.1, 0.15) is 6.10 Å². The molecule has 0 N–H and O–H groups in total. The molecule has 0 spiro atoms. The Labute approximate surface area is 110 Å². The van der Waals surface area contributed by atoms with Crippen molar-refractivity contribution in [1.29, 1.82) is 0 Å². The monoisotopic (exact) mass is 254 g/mol. The van der Waals surface area contributed by atoms with Crippen LogP contribution < -0.4 is 4.74 Å². The summed E-state index contributed by atoms with van der Waals surface area (Å²) in [5.74, 6) is 0.591. The van der Waals surface area contributed by atoms with Crippen LogP contribution >= 0.6 is 0 Å². The molecule has 0 bridgehead atoms. The normalized spacial score (nSPS) is 11.4. The van der Waals surface area contributed by atoms with Gasteiger partial charge in [-0.3, -0.25) is 4.79 Å². The second-order valence-corrected chi connectivity index (χ2v) is 3.98. The average Bonchev–Trinajstić information content (AvgIpc) is 2.65. The lowest BCUT2D eigenvalue weighted by atomic mass is 10.1. The summed E-state index contributed by atoms with van der Waals surface area (Å²) < 4.78 is 7.48. The number of carbonyl (C=O) groups is 1. The molecule has 1 heterocycles. The highest BCUT2D eigenvalue weighted by Gasteiger charge is 2.17. The minimum absolute atomic E-state index is 0.165. The zero-order chi connectivity index (χ0) is 14.1. The number of nitrogens with zero attached hydrogens (tertiary/aromatic N) is 2. The van der Waals surface area contributed by atoms with Crippen LogP contribution in [-0.4, -0.2) is 22.2 Å². The first-order chi connectivity index (χ1) is 8.63. The molecule has 0 amide bonds. The molecule has 0 aliphatic carbocycles. The van der Waals surface area contributed by atoms with Gasteiger partial charge < -0.3 is 4.74 Å². The van der Waals surface area contributed by atoms with Gasteiger partial charge in [0.05, 0.1) is 11.3 Å². The van der Waals surface area contributed by atoms with E-state index in [0.29, 0.717) is 11.4 Å². The van der Waals surface area contributed by atoms with Gasteiger partial charge in [0.2, 0.25) is 5.88 Å². The lowest BCUT2D eigenvalue weighted by Gasteiger charge is -2.16. The molecule has 104 valence electrons. The van der Waals surface area contributed by atoms with Crippen LogP contribution in [0.25, 0.3) is 0 Å². The zero-order valence-electron chi connectivity index (χ0n) is 12.5. The average molecular weight is 254 g/mol. The van der Waals surface area contributed by atoms with Crippen LogP contribution in [0.5, 0.6) is 5.88 Å². The van der Waals surface area contributed by atoms with E-state index < -0.39 is 0 Å². The van der Waals surface area contributed by atoms with E-state index in [0.717, 1.165) is 31.2 Å². The molecule has 0 saturated carbocycles. The quantitative estimate of drug-likeness (QED) is 0.729. The van der Waals surface area contributed by atoms with Crippen molar-refractivity contribution in [2.75, 3.05) is 0 Å². The second-order valence-electron chi connectivity index (χ2n) is 3.98. The standard InChI is InChI=1S/C12H20N2O2.C2H6/c1-5-7-10(6-2)16-12-11(8-15)9(3)13-14(12)4;1-2/h8,10H,5-7H2,1-4H3;1-2H3. The molecule has 1 atom stereocenters. The summed E-state index contributed by atoms with van der Waals surface area (Å²) in [5.41, 5.74) is 1.29. The molecule has 0 fully saturated rings. The Kier molecular flexibility index (Phi) is 8.08. The van der Waals surface area contributed by atoms with Crippen LogP contribution in [0, 0.1) is 6.92 Å². The molecule has 1 unspecified atom stereocenters. The lowest BCUT2D eigenvalue weighted by Crippen LogP contribution is -2.17. The summed E-state index contributed by atoms with van der Waals surface area (Å²) in [4.78, 5) is 11.0. The highest BCUT2D eigenvalue weighted by atomic mass is 16.5. The molecule has 0 radical (unpaired) electrons. The van der Waals surface area contributed by atoms with E-state index in [-0.39, 0.29) is 6.10 Å². The van der Waals surface area contributed by atoms with E-state index >= 15 is 0 Å². The van der Waals surface area contributed by atoms with E-state index in [1.54, 1.807) is 11.7 Å². The van der Waals surface area contributed by atoms with Gasteiger partial charge in [0, 0.05) is 7.05 Å². The van der Waals surface area contributed by atoms with Crippen LogP contribution in [0.2, 0.25) is 0 Å². The molecule has 1 aromatic rings. The third kappa shape index (κ3) is 4.17. The molecule has 4 heteroatoms. The highest BCUT2D eigenvalue weighted by molar-refractivity contribution is 5.80. The fourth-order valence-electron chi connectivity index (χ4n) is 1.76. The fraction of sp³-hybridized carbons (Fsp3) is 0.714. The minimum Gasteiger partial charge on any atom is -0.474 e. The number of carbonyl (C=O) groups excluding carboxylic acids is 1. The van der Waals surface area contributed by atoms with Gasteiger partial charge in [-0.15, -0.1) is 0 Å². The van der Waals surface area contributed by atoms with Gasteiger partial charge in [-0.05, 0) is 19.8 Å².